The lowest BCUT2D eigenvalue weighted by Gasteiger charge is -2.16. The molecule has 0 aliphatic rings. The average molecular weight is 612 g/mol. The van der Waals surface area contributed by atoms with Crippen LogP contribution in [0.3, 0.4) is 0 Å². The van der Waals surface area contributed by atoms with Crippen molar-refractivity contribution in [3.63, 3.8) is 0 Å². The van der Waals surface area contributed by atoms with Gasteiger partial charge in [-0.15, -0.1) is 0 Å². The third-order valence-corrected chi connectivity index (χ3v) is 6.99. The smallest absolute Gasteiger partial charge is 0.343 e. The van der Waals surface area contributed by atoms with Crippen molar-refractivity contribution in [2.24, 2.45) is 0 Å². The van der Waals surface area contributed by atoms with Crippen molar-refractivity contribution in [3.05, 3.63) is 82.4 Å². The van der Waals surface area contributed by atoms with E-state index in [1.54, 1.807) is 54.6 Å². The highest BCUT2D eigenvalue weighted by molar-refractivity contribution is 9.09. The first kappa shape index (κ1) is 31.2. The van der Waals surface area contributed by atoms with Crippen LogP contribution in [0.15, 0.2) is 54.6 Å². The number of unbranched alkanes of at least 4 members (excludes halogenated alkanes) is 5. The summed E-state index contributed by atoms with van der Waals surface area (Å²) >= 11 is 3.32. The van der Waals surface area contributed by atoms with Crippen LogP contribution in [-0.4, -0.2) is 30.5 Å². The number of alkyl halides is 1. The van der Waals surface area contributed by atoms with Crippen molar-refractivity contribution in [1.82, 2.24) is 0 Å². The summed E-state index contributed by atoms with van der Waals surface area (Å²) in [5, 5.41) is 0.723. The van der Waals surface area contributed by atoms with Gasteiger partial charge in [0.15, 0.2) is 0 Å². The number of aryl methyl sites for hydroxylation is 1. The van der Waals surface area contributed by atoms with E-state index in [2.05, 4.69) is 22.9 Å². The molecule has 0 saturated carbocycles. The van der Waals surface area contributed by atoms with Gasteiger partial charge in [-0.05, 0) is 98.5 Å². The van der Waals surface area contributed by atoms with Crippen LogP contribution in [0.25, 0.3) is 0 Å². The molecule has 7 heteroatoms. The molecule has 0 aliphatic carbocycles. The van der Waals surface area contributed by atoms with Crippen LogP contribution in [0.4, 0.5) is 0 Å². The van der Waals surface area contributed by atoms with E-state index in [1.807, 2.05) is 20.8 Å². The van der Waals surface area contributed by atoms with Gasteiger partial charge >= 0.3 is 11.9 Å². The molecule has 0 aliphatic heterocycles. The van der Waals surface area contributed by atoms with E-state index in [-0.39, 0.29) is 0 Å². The van der Waals surface area contributed by atoms with E-state index >= 15 is 0 Å². The topological polar surface area (TPSA) is 71.1 Å². The molecule has 6 nitrogen and oxygen atoms in total. The molecule has 0 unspecified atom stereocenters. The van der Waals surface area contributed by atoms with E-state index in [1.165, 1.54) is 32.1 Å². The first-order valence-electron chi connectivity index (χ1n) is 13.9. The van der Waals surface area contributed by atoms with Crippen LogP contribution in [0.1, 0.15) is 82.9 Å². The molecule has 0 fully saturated rings. The number of carbonyl (C=O) groups excluding carboxylic acids is 2. The molecule has 3 rings (SSSR count). The molecule has 0 radical (unpaired) electrons. The quantitative estimate of drug-likeness (QED) is 0.0742. The Morgan fingerprint density at radius 3 is 1.77 bits per heavy atom. The number of hydrogen-bond donors (Lipinski definition) is 0. The van der Waals surface area contributed by atoms with E-state index in [0.717, 1.165) is 28.6 Å². The van der Waals surface area contributed by atoms with Gasteiger partial charge in [0, 0.05) is 5.33 Å². The highest BCUT2D eigenvalue weighted by Gasteiger charge is 2.19. The minimum atomic E-state index is -0.475. The maximum Gasteiger partial charge on any atom is 0.343 e. The van der Waals surface area contributed by atoms with Crippen LogP contribution in [-0.2, 0) is 0 Å². The van der Waals surface area contributed by atoms with Gasteiger partial charge in [0.2, 0.25) is 0 Å². The number of halogens is 1. The summed E-state index contributed by atoms with van der Waals surface area (Å²) in [6.07, 6.45) is 7.25. The molecule has 0 bridgehead atoms. The van der Waals surface area contributed by atoms with Gasteiger partial charge in [0.25, 0.3) is 0 Å². The third kappa shape index (κ3) is 9.12. The Hall–Kier alpha value is -3.32. The zero-order valence-electron chi connectivity index (χ0n) is 23.9. The van der Waals surface area contributed by atoms with Crippen molar-refractivity contribution < 1.29 is 28.5 Å². The summed E-state index contributed by atoms with van der Waals surface area (Å²) in [5.74, 6) is 1.36. The summed E-state index contributed by atoms with van der Waals surface area (Å²) in [6, 6.07) is 15.5. The standard InChI is InChI=1S/C33H39BrO6/c1-5-6-7-8-9-10-20-37-28-15-13-27(14-16-28)33(36)40-31-23(2)22-30(24(3)25(31)4)39-32(35)26-11-17-29(18-12-26)38-21-19-34/h11-18,22H,5-10,19-21H2,1-4H3. The molecule has 3 aromatic rings. The Kier molecular flexibility index (Phi) is 12.5. The normalized spacial score (nSPS) is 10.7. The number of rotatable bonds is 15. The summed E-state index contributed by atoms with van der Waals surface area (Å²) in [7, 11) is 0. The molecule has 0 heterocycles. The first-order valence-corrected chi connectivity index (χ1v) is 15.0. The second-order valence-corrected chi connectivity index (χ2v) is 10.5. The number of benzene rings is 3. The fourth-order valence-corrected chi connectivity index (χ4v) is 4.36. The minimum absolute atomic E-state index is 0.413. The van der Waals surface area contributed by atoms with Crippen LogP contribution < -0.4 is 18.9 Å². The molecule has 0 amide bonds. The Morgan fingerprint density at radius 1 is 0.675 bits per heavy atom. The Bertz CT molecular complexity index is 1250. The second-order valence-electron chi connectivity index (χ2n) is 9.75. The van der Waals surface area contributed by atoms with Gasteiger partial charge < -0.3 is 18.9 Å². The molecule has 40 heavy (non-hydrogen) atoms. The third-order valence-electron chi connectivity index (χ3n) is 6.67. The molecule has 0 N–H and O–H groups in total. The van der Waals surface area contributed by atoms with Crippen molar-refractivity contribution in [2.75, 3.05) is 18.5 Å². The number of carbonyl (C=O) groups is 2. The lowest BCUT2D eigenvalue weighted by atomic mass is 10.0. The zero-order chi connectivity index (χ0) is 28.9. The van der Waals surface area contributed by atoms with Crippen LogP contribution in [0.2, 0.25) is 0 Å². The van der Waals surface area contributed by atoms with E-state index < -0.39 is 11.9 Å². The summed E-state index contributed by atoms with van der Waals surface area (Å²) < 4.78 is 22.8. The lowest BCUT2D eigenvalue weighted by molar-refractivity contribution is 0.0716. The maximum atomic E-state index is 12.9. The van der Waals surface area contributed by atoms with Crippen LogP contribution >= 0.6 is 15.9 Å². The highest BCUT2D eigenvalue weighted by atomic mass is 79.9. The number of ether oxygens (including phenoxy) is 4. The minimum Gasteiger partial charge on any atom is -0.494 e. The number of esters is 2. The summed E-state index contributed by atoms with van der Waals surface area (Å²) in [6.45, 7) is 8.92. The largest absolute Gasteiger partial charge is 0.494 e. The Morgan fingerprint density at radius 2 is 1.20 bits per heavy atom. The average Bonchev–Trinajstić information content (AvgIpc) is 2.97. The van der Waals surface area contributed by atoms with Crippen LogP contribution in [0.5, 0.6) is 23.0 Å². The molecular formula is C33H39BrO6. The van der Waals surface area contributed by atoms with E-state index in [0.29, 0.717) is 47.2 Å². The predicted molar refractivity (Wildman–Crippen MR) is 162 cm³/mol. The maximum absolute atomic E-state index is 12.9. The zero-order valence-corrected chi connectivity index (χ0v) is 25.5. The van der Waals surface area contributed by atoms with Gasteiger partial charge in [0.1, 0.15) is 23.0 Å². The fourth-order valence-electron chi connectivity index (χ4n) is 4.20. The van der Waals surface area contributed by atoms with Crippen molar-refractivity contribution >= 4 is 27.9 Å². The van der Waals surface area contributed by atoms with E-state index in [9.17, 15) is 9.59 Å². The second kappa shape index (κ2) is 16.1. The van der Waals surface area contributed by atoms with Gasteiger partial charge in [-0.3, -0.25) is 0 Å². The van der Waals surface area contributed by atoms with Crippen molar-refractivity contribution in [3.8, 4) is 23.0 Å². The lowest BCUT2D eigenvalue weighted by Crippen LogP contribution is -2.13. The van der Waals surface area contributed by atoms with Gasteiger partial charge in [0.05, 0.1) is 24.3 Å². The van der Waals surface area contributed by atoms with Gasteiger partial charge in [-0.2, -0.15) is 0 Å². The Balaban J connectivity index is 1.58. The first-order chi connectivity index (χ1) is 19.3. The van der Waals surface area contributed by atoms with Gasteiger partial charge in [-0.25, -0.2) is 9.59 Å². The van der Waals surface area contributed by atoms with Gasteiger partial charge in [-0.1, -0.05) is 55.0 Å². The summed E-state index contributed by atoms with van der Waals surface area (Å²) in [5.41, 5.74) is 2.99. The predicted octanol–water partition coefficient (Wildman–Crippen LogP) is 8.56. The monoisotopic (exact) mass is 610 g/mol. The molecule has 3 aromatic carbocycles. The molecule has 214 valence electrons. The van der Waals surface area contributed by atoms with E-state index in [4.69, 9.17) is 18.9 Å². The number of hydrogen-bond acceptors (Lipinski definition) is 6. The summed E-state index contributed by atoms with van der Waals surface area (Å²) in [4.78, 5) is 25.7. The molecule has 0 aromatic heterocycles. The fraction of sp³-hybridized carbons (Fsp3) is 0.394. The molecular weight excluding hydrogens is 572 g/mol. The molecule has 0 spiro atoms. The highest BCUT2D eigenvalue weighted by Crippen LogP contribution is 2.34. The van der Waals surface area contributed by atoms with Crippen LogP contribution in [0, 0.1) is 20.8 Å². The van der Waals surface area contributed by atoms with Crippen molar-refractivity contribution in [1.29, 1.82) is 0 Å². The molecule has 0 atom stereocenters. The van der Waals surface area contributed by atoms with Crippen molar-refractivity contribution in [2.45, 2.75) is 66.2 Å². The Labute approximate surface area is 246 Å². The SMILES string of the molecule is CCCCCCCCOc1ccc(C(=O)Oc2c(C)cc(OC(=O)c3ccc(OCCBr)cc3)c(C)c2C)cc1. The molecule has 0 saturated heterocycles.